The van der Waals surface area contributed by atoms with Gasteiger partial charge in [0.05, 0.1) is 13.2 Å². The largest absolute Gasteiger partial charge is 0.352 e. The molecule has 0 aliphatic carbocycles. The molecule has 1 aliphatic rings. The van der Waals surface area contributed by atoms with E-state index in [2.05, 4.69) is 5.32 Å². The smallest absolute Gasteiger partial charge is 0.251 e. The standard InChI is InChI=1S/C14H19NO3/c1-11-4-3-5-12(10-11)13(16)15-7-6-14(2)17-8-9-18-14/h3-5,10H,6-9H2,1-2H3,(H,15,16). The molecule has 0 unspecified atom stereocenters. The highest BCUT2D eigenvalue weighted by atomic mass is 16.7. The van der Waals surface area contributed by atoms with Gasteiger partial charge in [-0.05, 0) is 26.0 Å². The Bertz CT molecular complexity index is 425. The third kappa shape index (κ3) is 3.31. The Hall–Kier alpha value is -1.39. The van der Waals surface area contributed by atoms with Crippen molar-refractivity contribution in [1.29, 1.82) is 0 Å². The maximum atomic E-state index is 11.9. The maximum absolute atomic E-state index is 11.9. The molecule has 0 aromatic heterocycles. The summed E-state index contributed by atoms with van der Waals surface area (Å²) in [5.41, 5.74) is 1.77. The van der Waals surface area contributed by atoms with Crippen LogP contribution in [0.4, 0.5) is 0 Å². The average Bonchev–Trinajstić information content (AvgIpc) is 2.76. The number of carbonyl (C=O) groups is 1. The molecule has 1 aromatic rings. The highest BCUT2D eigenvalue weighted by Crippen LogP contribution is 2.21. The summed E-state index contributed by atoms with van der Waals surface area (Å²) in [6.45, 7) is 5.67. The van der Waals surface area contributed by atoms with Gasteiger partial charge in [0.2, 0.25) is 0 Å². The highest BCUT2D eigenvalue weighted by Gasteiger charge is 2.30. The zero-order valence-electron chi connectivity index (χ0n) is 10.9. The Morgan fingerprint density at radius 2 is 2.11 bits per heavy atom. The second kappa shape index (κ2) is 5.50. The molecule has 1 aliphatic heterocycles. The van der Waals surface area contributed by atoms with E-state index < -0.39 is 5.79 Å². The van der Waals surface area contributed by atoms with Crippen LogP contribution in [0.15, 0.2) is 24.3 Å². The quantitative estimate of drug-likeness (QED) is 0.886. The van der Waals surface area contributed by atoms with Crippen molar-refractivity contribution in [3.63, 3.8) is 0 Å². The molecule has 4 nitrogen and oxygen atoms in total. The normalized spacial score (nSPS) is 17.7. The van der Waals surface area contributed by atoms with Gasteiger partial charge in [0, 0.05) is 18.5 Å². The van der Waals surface area contributed by atoms with Crippen molar-refractivity contribution < 1.29 is 14.3 Å². The van der Waals surface area contributed by atoms with Gasteiger partial charge < -0.3 is 14.8 Å². The summed E-state index contributed by atoms with van der Waals surface area (Å²) >= 11 is 0. The van der Waals surface area contributed by atoms with E-state index in [4.69, 9.17) is 9.47 Å². The molecule has 4 heteroatoms. The summed E-state index contributed by atoms with van der Waals surface area (Å²) in [4.78, 5) is 11.9. The number of benzene rings is 1. The summed E-state index contributed by atoms with van der Waals surface area (Å²) in [6, 6.07) is 7.54. The van der Waals surface area contributed by atoms with E-state index >= 15 is 0 Å². The maximum Gasteiger partial charge on any atom is 0.251 e. The van der Waals surface area contributed by atoms with E-state index in [1.54, 1.807) is 0 Å². The molecule has 1 amide bonds. The van der Waals surface area contributed by atoms with E-state index in [9.17, 15) is 4.79 Å². The predicted octanol–water partition coefficient (Wildman–Crippen LogP) is 1.88. The fraction of sp³-hybridized carbons (Fsp3) is 0.500. The van der Waals surface area contributed by atoms with E-state index in [1.807, 2.05) is 38.1 Å². The molecule has 1 heterocycles. The van der Waals surface area contributed by atoms with Gasteiger partial charge in [-0.3, -0.25) is 4.79 Å². The van der Waals surface area contributed by atoms with Gasteiger partial charge in [-0.15, -0.1) is 0 Å². The number of hydrogen-bond donors (Lipinski definition) is 1. The van der Waals surface area contributed by atoms with Crippen LogP contribution in [0.25, 0.3) is 0 Å². The number of nitrogens with one attached hydrogen (secondary N) is 1. The third-order valence-electron chi connectivity index (χ3n) is 3.04. The van der Waals surface area contributed by atoms with Crippen LogP contribution < -0.4 is 5.32 Å². The topological polar surface area (TPSA) is 47.6 Å². The molecule has 18 heavy (non-hydrogen) atoms. The van der Waals surface area contributed by atoms with Crippen molar-refractivity contribution in [3.05, 3.63) is 35.4 Å². The number of rotatable bonds is 4. The molecular weight excluding hydrogens is 230 g/mol. The Morgan fingerprint density at radius 3 is 2.78 bits per heavy atom. The highest BCUT2D eigenvalue weighted by molar-refractivity contribution is 5.94. The van der Waals surface area contributed by atoms with Gasteiger partial charge in [0.15, 0.2) is 5.79 Å². The third-order valence-corrected chi connectivity index (χ3v) is 3.04. The first-order valence-electron chi connectivity index (χ1n) is 6.22. The number of hydrogen-bond acceptors (Lipinski definition) is 3. The monoisotopic (exact) mass is 249 g/mol. The summed E-state index contributed by atoms with van der Waals surface area (Å²) in [5, 5.41) is 2.88. The van der Waals surface area contributed by atoms with Crippen LogP contribution in [0.2, 0.25) is 0 Å². The van der Waals surface area contributed by atoms with E-state index in [0.29, 0.717) is 31.7 Å². The van der Waals surface area contributed by atoms with Crippen LogP contribution in [-0.2, 0) is 9.47 Å². The predicted molar refractivity (Wildman–Crippen MR) is 68.4 cm³/mol. The first kappa shape index (κ1) is 13.1. The van der Waals surface area contributed by atoms with Crippen LogP contribution in [0, 0.1) is 6.92 Å². The number of amides is 1. The van der Waals surface area contributed by atoms with Crippen LogP contribution in [0.5, 0.6) is 0 Å². The van der Waals surface area contributed by atoms with Crippen molar-refractivity contribution in [2.75, 3.05) is 19.8 Å². The van der Waals surface area contributed by atoms with Crippen molar-refractivity contribution in [3.8, 4) is 0 Å². The summed E-state index contributed by atoms with van der Waals surface area (Å²) in [7, 11) is 0. The molecule has 0 radical (unpaired) electrons. The van der Waals surface area contributed by atoms with Gasteiger partial charge in [-0.25, -0.2) is 0 Å². The van der Waals surface area contributed by atoms with Gasteiger partial charge in [0.25, 0.3) is 5.91 Å². The molecule has 98 valence electrons. The molecule has 1 aromatic carbocycles. The van der Waals surface area contributed by atoms with Gasteiger partial charge >= 0.3 is 0 Å². The van der Waals surface area contributed by atoms with Crippen molar-refractivity contribution in [2.24, 2.45) is 0 Å². The molecule has 1 fully saturated rings. The zero-order valence-corrected chi connectivity index (χ0v) is 10.9. The minimum absolute atomic E-state index is 0.0553. The molecule has 0 spiro atoms. The van der Waals surface area contributed by atoms with Crippen molar-refractivity contribution >= 4 is 5.91 Å². The lowest BCUT2D eigenvalue weighted by atomic mass is 10.1. The lowest BCUT2D eigenvalue weighted by Gasteiger charge is -2.22. The van der Waals surface area contributed by atoms with E-state index in [0.717, 1.165) is 5.56 Å². The minimum atomic E-state index is -0.542. The summed E-state index contributed by atoms with van der Waals surface area (Å²) in [6.07, 6.45) is 0.657. The van der Waals surface area contributed by atoms with Crippen LogP contribution >= 0.6 is 0 Å². The van der Waals surface area contributed by atoms with Gasteiger partial charge in [-0.1, -0.05) is 17.7 Å². The fourth-order valence-corrected chi connectivity index (χ4v) is 1.99. The van der Waals surface area contributed by atoms with E-state index in [1.165, 1.54) is 0 Å². The lowest BCUT2D eigenvalue weighted by Crippen LogP contribution is -2.33. The average molecular weight is 249 g/mol. The van der Waals surface area contributed by atoms with Crippen LogP contribution in [-0.4, -0.2) is 31.5 Å². The van der Waals surface area contributed by atoms with Crippen LogP contribution in [0.3, 0.4) is 0 Å². The SMILES string of the molecule is Cc1cccc(C(=O)NCCC2(C)OCCO2)c1. The van der Waals surface area contributed by atoms with Crippen molar-refractivity contribution in [2.45, 2.75) is 26.1 Å². The minimum Gasteiger partial charge on any atom is -0.352 e. The summed E-state index contributed by atoms with van der Waals surface area (Å²) < 4.78 is 10.9. The fourth-order valence-electron chi connectivity index (χ4n) is 1.99. The molecule has 0 saturated carbocycles. The second-order valence-corrected chi connectivity index (χ2v) is 4.71. The Balaban J connectivity index is 1.81. The zero-order chi connectivity index (χ0) is 13.0. The Morgan fingerprint density at radius 1 is 1.39 bits per heavy atom. The second-order valence-electron chi connectivity index (χ2n) is 4.71. The summed E-state index contributed by atoms with van der Waals surface area (Å²) in [5.74, 6) is -0.597. The molecular formula is C14H19NO3. The van der Waals surface area contributed by atoms with Crippen molar-refractivity contribution in [1.82, 2.24) is 5.32 Å². The first-order valence-corrected chi connectivity index (χ1v) is 6.22. The Kier molecular flexibility index (Phi) is 3.99. The van der Waals surface area contributed by atoms with Gasteiger partial charge in [-0.2, -0.15) is 0 Å². The Labute approximate surface area is 107 Å². The van der Waals surface area contributed by atoms with E-state index in [-0.39, 0.29) is 5.91 Å². The number of carbonyl (C=O) groups excluding carboxylic acids is 1. The van der Waals surface area contributed by atoms with Gasteiger partial charge in [0.1, 0.15) is 0 Å². The lowest BCUT2D eigenvalue weighted by molar-refractivity contribution is -0.145. The molecule has 0 atom stereocenters. The number of aryl methyl sites for hydroxylation is 1. The first-order chi connectivity index (χ1) is 8.59. The molecule has 1 N–H and O–H groups in total. The number of ether oxygens (including phenoxy) is 2. The van der Waals surface area contributed by atoms with Crippen LogP contribution in [0.1, 0.15) is 29.3 Å². The molecule has 0 bridgehead atoms. The molecule has 1 saturated heterocycles. The molecule has 2 rings (SSSR count).